The highest BCUT2D eigenvalue weighted by atomic mass is 32.1. The van der Waals surface area contributed by atoms with Crippen LogP contribution in [0.4, 0.5) is 0 Å². The topological polar surface area (TPSA) is 65.4 Å². The summed E-state index contributed by atoms with van der Waals surface area (Å²) in [6.07, 6.45) is 2.71. The maximum atomic E-state index is 11.6. The third-order valence-electron chi connectivity index (χ3n) is 3.98. The minimum absolute atomic E-state index is 0.0403. The Balaban J connectivity index is 1.36. The van der Waals surface area contributed by atoms with Crippen LogP contribution in [0.3, 0.4) is 0 Å². The van der Waals surface area contributed by atoms with Crippen LogP contribution in [0.2, 0.25) is 0 Å². The normalized spacial score (nSPS) is 10.7. The van der Waals surface area contributed by atoms with Gasteiger partial charge in [0.2, 0.25) is 5.56 Å². The molecular weight excluding hydrogens is 362 g/mol. The average Bonchev–Trinajstić information content (AvgIpc) is 3.15. The van der Waals surface area contributed by atoms with E-state index < -0.39 is 0 Å². The van der Waals surface area contributed by atoms with Gasteiger partial charge in [0.25, 0.3) is 0 Å². The number of rotatable bonds is 10. The van der Waals surface area contributed by atoms with Crippen LogP contribution in [0.1, 0.15) is 17.1 Å². The van der Waals surface area contributed by atoms with Gasteiger partial charge in [0.15, 0.2) is 0 Å². The summed E-state index contributed by atoms with van der Waals surface area (Å²) in [4.78, 5) is 16.2. The molecule has 0 saturated heterocycles. The number of pyridine rings is 1. The number of hydrogen-bond donors (Lipinski definition) is 1. The van der Waals surface area contributed by atoms with Crippen molar-refractivity contribution in [1.82, 2.24) is 14.9 Å². The summed E-state index contributed by atoms with van der Waals surface area (Å²) in [5.41, 5.74) is 1.05. The van der Waals surface area contributed by atoms with Crippen molar-refractivity contribution < 1.29 is 9.47 Å². The molecule has 0 unspecified atom stereocenters. The quantitative estimate of drug-likeness (QED) is 0.544. The molecular formula is C20H23N3O3S. The molecule has 2 aromatic heterocycles. The van der Waals surface area contributed by atoms with Crippen molar-refractivity contribution in [2.45, 2.75) is 26.1 Å². The number of methoxy groups -OCH3 is 1. The van der Waals surface area contributed by atoms with Crippen molar-refractivity contribution in [2.75, 3.05) is 13.7 Å². The van der Waals surface area contributed by atoms with Crippen LogP contribution in [0.15, 0.2) is 58.8 Å². The van der Waals surface area contributed by atoms with Crippen molar-refractivity contribution in [2.24, 2.45) is 0 Å². The lowest BCUT2D eigenvalue weighted by Gasteiger charge is -2.06. The highest BCUT2D eigenvalue weighted by Gasteiger charge is 2.04. The number of benzene rings is 1. The Kier molecular flexibility index (Phi) is 7.01. The molecule has 27 heavy (non-hydrogen) atoms. The number of aryl methyl sites for hydroxylation is 1. The van der Waals surface area contributed by atoms with Crippen LogP contribution in [-0.4, -0.2) is 23.2 Å². The fraction of sp³-hybridized carbons (Fsp3) is 0.300. The zero-order chi connectivity index (χ0) is 18.9. The third kappa shape index (κ3) is 5.94. The molecule has 0 aliphatic carbocycles. The van der Waals surface area contributed by atoms with E-state index in [9.17, 15) is 4.79 Å². The fourth-order valence-corrected chi connectivity index (χ4v) is 3.25. The zero-order valence-corrected chi connectivity index (χ0v) is 16.1. The molecule has 3 aromatic rings. The molecule has 0 fully saturated rings. The van der Waals surface area contributed by atoms with Gasteiger partial charge in [0, 0.05) is 30.7 Å². The summed E-state index contributed by atoms with van der Waals surface area (Å²) in [5, 5.41) is 6.35. The molecule has 0 bridgehead atoms. The van der Waals surface area contributed by atoms with Gasteiger partial charge >= 0.3 is 0 Å². The zero-order valence-electron chi connectivity index (χ0n) is 15.3. The summed E-state index contributed by atoms with van der Waals surface area (Å²) >= 11 is 1.59. The van der Waals surface area contributed by atoms with Crippen LogP contribution in [0, 0.1) is 0 Å². The van der Waals surface area contributed by atoms with E-state index in [-0.39, 0.29) is 5.56 Å². The second-order valence-electron chi connectivity index (χ2n) is 5.96. The van der Waals surface area contributed by atoms with Gasteiger partial charge in [0.05, 0.1) is 12.8 Å². The van der Waals surface area contributed by atoms with Crippen LogP contribution < -0.4 is 20.3 Å². The van der Waals surface area contributed by atoms with E-state index in [1.807, 2.05) is 41.9 Å². The average molecular weight is 385 g/mol. The van der Waals surface area contributed by atoms with Gasteiger partial charge < -0.3 is 19.4 Å². The lowest BCUT2D eigenvalue weighted by atomic mass is 10.3. The Morgan fingerprint density at radius 2 is 1.96 bits per heavy atom. The lowest BCUT2D eigenvalue weighted by molar-refractivity contribution is 0.304. The first-order valence-electron chi connectivity index (χ1n) is 8.81. The smallest absolute Gasteiger partial charge is 0.250 e. The van der Waals surface area contributed by atoms with Crippen LogP contribution >= 0.6 is 11.3 Å². The second-order valence-corrected chi connectivity index (χ2v) is 6.90. The maximum Gasteiger partial charge on any atom is 0.250 e. The molecule has 1 aromatic carbocycles. The summed E-state index contributed by atoms with van der Waals surface area (Å²) in [7, 11) is 1.64. The first-order chi connectivity index (χ1) is 13.2. The number of nitrogens with one attached hydrogen (secondary N) is 1. The molecule has 6 nitrogen and oxygen atoms in total. The highest BCUT2D eigenvalue weighted by molar-refractivity contribution is 7.09. The van der Waals surface area contributed by atoms with Gasteiger partial charge in [-0.1, -0.05) is 6.07 Å². The molecule has 0 aliphatic rings. The number of thiazole rings is 1. The SMILES string of the molecule is COc1ccc(OCc2nc(CNCCCn3ccccc3=O)cs2)cc1. The van der Waals surface area contributed by atoms with Crippen molar-refractivity contribution >= 4 is 11.3 Å². The van der Waals surface area contributed by atoms with E-state index in [0.29, 0.717) is 19.7 Å². The summed E-state index contributed by atoms with van der Waals surface area (Å²) in [6.45, 7) is 2.71. The van der Waals surface area contributed by atoms with Gasteiger partial charge in [-0.15, -0.1) is 11.3 Å². The summed E-state index contributed by atoms with van der Waals surface area (Å²) in [5.74, 6) is 1.60. The monoisotopic (exact) mass is 385 g/mol. The van der Waals surface area contributed by atoms with E-state index in [1.54, 1.807) is 35.1 Å². The van der Waals surface area contributed by atoms with Gasteiger partial charge in [0.1, 0.15) is 23.1 Å². The van der Waals surface area contributed by atoms with Gasteiger partial charge in [-0.2, -0.15) is 0 Å². The molecule has 142 valence electrons. The van der Waals surface area contributed by atoms with Crippen LogP contribution in [0.25, 0.3) is 0 Å². The Bertz CT molecular complexity index is 890. The number of ether oxygens (including phenoxy) is 2. The molecule has 0 spiro atoms. The second kappa shape index (κ2) is 9.89. The maximum absolute atomic E-state index is 11.6. The Hall–Kier alpha value is -2.64. The van der Waals surface area contributed by atoms with E-state index >= 15 is 0 Å². The largest absolute Gasteiger partial charge is 0.497 e. The number of aromatic nitrogens is 2. The van der Waals surface area contributed by atoms with E-state index in [4.69, 9.17) is 9.47 Å². The predicted octanol–water partition coefficient (Wildman–Crippen LogP) is 3.07. The fourth-order valence-electron chi connectivity index (χ4n) is 2.55. The first-order valence-corrected chi connectivity index (χ1v) is 9.69. The molecule has 0 atom stereocenters. The Labute approximate surface area is 162 Å². The molecule has 3 rings (SSSR count). The number of hydrogen-bond acceptors (Lipinski definition) is 6. The van der Waals surface area contributed by atoms with Crippen LogP contribution in [-0.2, 0) is 19.7 Å². The summed E-state index contributed by atoms with van der Waals surface area (Å²) < 4.78 is 12.6. The molecule has 0 saturated carbocycles. The Morgan fingerprint density at radius 3 is 2.74 bits per heavy atom. The van der Waals surface area contributed by atoms with Crippen molar-refractivity contribution in [3.8, 4) is 11.5 Å². The highest BCUT2D eigenvalue weighted by Crippen LogP contribution is 2.19. The van der Waals surface area contributed by atoms with E-state index in [1.165, 1.54) is 0 Å². The third-order valence-corrected chi connectivity index (χ3v) is 4.85. The first kappa shape index (κ1) is 19.1. The Morgan fingerprint density at radius 1 is 1.15 bits per heavy atom. The van der Waals surface area contributed by atoms with Crippen molar-refractivity contribution in [3.63, 3.8) is 0 Å². The van der Waals surface area contributed by atoms with Crippen molar-refractivity contribution in [3.05, 3.63) is 75.1 Å². The minimum Gasteiger partial charge on any atom is -0.497 e. The predicted molar refractivity (Wildman–Crippen MR) is 106 cm³/mol. The van der Waals surface area contributed by atoms with E-state index in [0.717, 1.165) is 35.2 Å². The summed E-state index contributed by atoms with van der Waals surface area (Å²) in [6, 6.07) is 12.7. The number of nitrogens with zero attached hydrogens (tertiary/aromatic N) is 2. The van der Waals surface area contributed by atoms with Crippen molar-refractivity contribution in [1.29, 1.82) is 0 Å². The van der Waals surface area contributed by atoms with Gasteiger partial charge in [-0.25, -0.2) is 4.98 Å². The molecule has 2 heterocycles. The minimum atomic E-state index is 0.0403. The molecule has 1 N–H and O–H groups in total. The molecule has 0 amide bonds. The van der Waals surface area contributed by atoms with E-state index in [2.05, 4.69) is 10.3 Å². The van der Waals surface area contributed by atoms with Gasteiger partial charge in [-0.05, 0) is 43.3 Å². The molecule has 0 radical (unpaired) electrons. The molecule has 0 aliphatic heterocycles. The standard InChI is InChI=1S/C20H23N3O3S/c1-25-17-6-8-18(9-7-17)26-14-19-22-16(15-27-19)13-21-10-4-12-23-11-3-2-5-20(23)24/h2-3,5-9,11,15,21H,4,10,12-14H2,1H3. The van der Waals surface area contributed by atoms with Crippen LogP contribution in [0.5, 0.6) is 11.5 Å². The lowest BCUT2D eigenvalue weighted by Crippen LogP contribution is -2.21. The molecule has 7 heteroatoms. The van der Waals surface area contributed by atoms with Gasteiger partial charge in [-0.3, -0.25) is 4.79 Å².